The summed E-state index contributed by atoms with van der Waals surface area (Å²) in [6, 6.07) is 11.9. The van der Waals surface area contributed by atoms with E-state index in [0.717, 1.165) is 11.4 Å². The largest absolute Gasteiger partial charge is 0.492 e. The number of likely N-dealkylation sites (N-methyl/N-ethyl adjacent to an activating group) is 1. The third kappa shape index (κ3) is 4.30. The number of nitrogens with zero attached hydrogens (tertiary/aromatic N) is 2. The number of hydrogen-bond acceptors (Lipinski definition) is 5. The van der Waals surface area contributed by atoms with E-state index in [9.17, 15) is 14.4 Å². The normalized spacial score (nSPS) is 14.7. The molecule has 2 aromatic carbocycles. The number of amides is 2. The Balaban J connectivity index is 2.00. The van der Waals surface area contributed by atoms with Crippen LogP contribution in [0.2, 0.25) is 0 Å². The highest BCUT2D eigenvalue weighted by Crippen LogP contribution is 2.43. The summed E-state index contributed by atoms with van der Waals surface area (Å²) in [7, 11) is 3.94. The molecule has 6 nitrogen and oxygen atoms in total. The molecule has 0 spiro atoms. The van der Waals surface area contributed by atoms with Crippen molar-refractivity contribution >= 4 is 45.5 Å². The molecule has 156 valence electrons. The van der Waals surface area contributed by atoms with Crippen LogP contribution in [0.4, 0.5) is 5.69 Å². The second-order valence-electron chi connectivity index (χ2n) is 7.31. The number of ketones is 1. The van der Waals surface area contributed by atoms with E-state index in [1.807, 2.05) is 19.0 Å². The van der Waals surface area contributed by atoms with Crippen LogP contribution in [-0.4, -0.2) is 49.7 Å². The summed E-state index contributed by atoms with van der Waals surface area (Å²) in [6.07, 6.45) is 0. The molecule has 0 aliphatic carbocycles. The number of Topliss-reactive ketones (excluding diaryl/α,β-unsaturated/α-hetero) is 1. The van der Waals surface area contributed by atoms with Gasteiger partial charge in [-0.05, 0) is 69.0 Å². The van der Waals surface area contributed by atoms with Gasteiger partial charge in [0.15, 0.2) is 5.78 Å². The average molecular weight is 427 g/mol. The number of carbonyl (C=O) groups is 3. The second-order valence-corrected chi connectivity index (χ2v) is 7.69. The molecular weight excluding hydrogens is 404 g/mol. The maximum absolute atomic E-state index is 13.0. The SMILES string of the molecule is CC(=O)c1ccc2c(c1)/C(=C(\Cl)c1ccc(OCCN(C)C)cc1)C(=O)N2C(C)=O. The number of ether oxygens (including phenoxy) is 1. The Bertz CT molecular complexity index is 1040. The van der Waals surface area contributed by atoms with Crippen LogP contribution in [0.3, 0.4) is 0 Å². The Hall–Kier alpha value is -2.96. The van der Waals surface area contributed by atoms with E-state index in [1.165, 1.54) is 13.8 Å². The van der Waals surface area contributed by atoms with E-state index in [-0.39, 0.29) is 16.4 Å². The van der Waals surface area contributed by atoms with Gasteiger partial charge in [-0.2, -0.15) is 0 Å². The number of rotatable bonds is 6. The van der Waals surface area contributed by atoms with Gasteiger partial charge in [-0.3, -0.25) is 14.4 Å². The molecule has 30 heavy (non-hydrogen) atoms. The minimum Gasteiger partial charge on any atom is -0.492 e. The lowest BCUT2D eigenvalue weighted by atomic mass is 10.00. The molecule has 0 atom stereocenters. The Morgan fingerprint density at radius 1 is 1.03 bits per heavy atom. The van der Waals surface area contributed by atoms with Gasteiger partial charge < -0.3 is 9.64 Å². The zero-order valence-corrected chi connectivity index (χ0v) is 18.1. The highest BCUT2D eigenvalue weighted by atomic mass is 35.5. The molecule has 3 rings (SSSR count). The molecule has 0 unspecified atom stereocenters. The van der Waals surface area contributed by atoms with E-state index in [0.29, 0.717) is 34.7 Å². The molecule has 0 saturated heterocycles. The number of benzene rings is 2. The average Bonchev–Trinajstić information content (AvgIpc) is 2.98. The van der Waals surface area contributed by atoms with Crippen molar-refractivity contribution in [1.29, 1.82) is 0 Å². The summed E-state index contributed by atoms with van der Waals surface area (Å²) >= 11 is 6.62. The molecule has 1 heterocycles. The van der Waals surface area contributed by atoms with Gasteiger partial charge in [-0.25, -0.2) is 4.90 Å². The van der Waals surface area contributed by atoms with Crippen LogP contribution >= 0.6 is 11.6 Å². The van der Waals surface area contributed by atoms with E-state index < -0.39 is 11.8 Å². The standard InChI is InChI=1S/C23H23ClN2O4/c1-14(27)17-7-10-20-19(13-17)21(23(29)26(20)15(2)28)22(24)16-5-8-18(9-6-16)30-12-11-25(3)4/h5-10,13H,11-12H2,1-4H3/b22-21+. The Morgan fingerprint density at radius 2 is 1.67 bits per heavy atom. The monoisotopic (exact) mass is 426 g/mol. The van der Waals surface area contributed by atoms with Crippen molar-refractivity contribution in [2.45, 2.75) is 13.8 Å². The number of imide groups is 1. The molecule has 0 fully saturated rings. The minimum absolute atomic E-state index is 0.138. The zero-order chi connectivity index (χ0) is 22.0. The summed E-state index contributed by atoms with van der Waals surface area (Å²) in [5.74, 6) is -0.367. The van der Waals surface area contributed by atoms with Gasteiger partial charge >= 0.3 is 0 Å². The van der Waals surface area contributed by atoms with Crippen LogP contribution in [0.5, 0.6) is 5.75 Å². The lowest BCUT2D eigenvalue weighted by molar-refractivity contribution is -0.122. The van der Waals surface area contributed by atoms with E-state index in [1.54, 1.807) is 42.5 Å². The number of halogens is 1. The molecule has 0 bridgehead atoms. The van der Waals surface area contributed by atoms with Crippen molar-refractivity contribution in [3.8, 4) is 5.75 Å². The Labute approximate surface area is 180 Å². The molecular formula is C23H23ClN2O4. The van der Waals surface area contributed by atoms with E-state index in [4.69, 9.17) is 16.3 Å². The highest BCUT2D eigenvalue weighted by molar-refractivity contribution is 6.60. The van der Waals surface area contributed by atoms with Gasteiger partial charge in [-0.15, -0.1) is 0 Å². The fourth-order valence-electron chi connectivity index (χ4n) is 3.20. The molecule has 0 saturated carbocycles. The smallest absolute Gasteiger partial charge is 0.267 e. The lowest BCUT2D eigenvalue weighted by Gasteiger charge is -2.12. The van der Waals surface area contributed by atoms with E-state index in [2.05, 4.69) is 0 Å². The van der Waals surface area contributed by atoms with Gasteiger partial charge in [0, 0.05) is 24.6 Å². The van der Waals surface area contributed by atoms with Crippen LogP contribution in [0.15, 0.2) is 42.5 Å². The quantitative estimate of drug-likeness (QED) is 0.518. The highest BCUT2D eigenvalue weighted by Gasteiger charge is 2.37. The van der Waals surface area contributed by atoms with Crippen molar-refractivity contribution < 1.29 is 19.1 Å². The fourth-order valence-corrected chi connectivity index (χ4v) is 3.51. The van der Waals surface area contributed by atoms with Gasteiger partial charge in [0.05, 0.1) is 16.3 Å². The number of anilines is 1. The summed E-state index contributed by atoms with van der Waals surface area (Å²) in [5.41, 5.74) is 2.16. The summed E-state index contributed by atoms with van der Waals surface area (Å²) < 4.78 is 5.69. The van der Waals surface area contributed by atoms with Crippen molar-refractivity contribution in [3.05, 3.63) is 59.2 Å². The van der Waals surface area contributed by atoms with Gasteiger partial charge in [-0.1, -0.05) is 11.6 Å². The Morgan fingerprint density at radius 3 is 2.23 bits per heavy atom. The molecule has 7 heteroatoms. The van der Waals surface area contributed by atoms with Gasteiger partial charge in [0.1, 0.15) is 12.4 Å². The maximum Gasteiger partial charge on any atom is 0.267 e. The first-order chi connectivity index (χ1) is 14.2. The zero-order valence-electron chi connectivity index (χ0n) is 17.4. The van der Waals surface area contributed by atoms with Crippen LogP contribution in [0, 0.1) is 0 Å². The van der Waals surface area contributed by atoms with Crippen LogP contribution < -0.4 is 9.64 Å². The number of carbonyl (C=O) groups excluding carboxylic acids is 3. The summed E-state index contributed by atoms with van der Waals surface area (Å²) in [6.45, 7) is 4.10. The van der Waals surface area contributed by atoms with Crippen molar-refractivity contribution in [2.75, 3.05) is 32.1 Å². The molecule has 0 N–H and O–H groups in total. The first kappa shape index (κ1) is 21.7. The predicted octanol–water partition coefficient (Wildman–Crippen LogP) is 3.83. The maximum atomic E-state index is 13.0. The third-order valence-corrected chi connectivity index (χ3v) is 5.19. The third-order valence-electron chi connectivity index (χ3n) is 4.78. The number of fused-ring (bicyclic) bond motifs is 1. The lowest BCUT2D eigenvalue weighted by Crippen LogP contribution is -2.31. The van der Waals surface area contributed by atoms with Crippen molar-refractivity contribution in [3.63, 3.8) is 0 Å². The van der Waals surface area contributed by atoms with Gasteiger partial charge in [0.25, 0.3) is 5.91 Å². The first-order valence-corrected chi connectivity index (χ1v) is 9.86. The molecule has 1 aliphatic rings. The number of hydrogen-bond donors (Lipinski definition) is 0. The molecule has 0 radical (unpaired) electrons. The topological polar surface area (TPSA) is 66.9 Å². The van der Waals surface area contributed by atoms with E-state index >= 15 is 0 Å². The van der Waals surface area contributed by atoms with Crippen molar-refractivity contribution in [2.24, 2.45) is 0 Å². The Kier molecular flexibility index (Phi) is 6.39. The van der Waals surface area contributed by atoms with Crippen molar-refractivity contribution in [1.82, 2.24) is 4.90 Å². The second kappa shape index (κ2) is 8.81. The first-order valence-electron chi connectivity index (χ1n) is 9.49. The summed E-state index contributed by atoms with van der Waals surface area (Å²) in [5, 5.41) is 0.213. The minimum atomic E-state index is -0.505. The van der Waals surface area contributed by atoms with Gasteiger partial charge in [0.2, 0.25) is 5.91 Å². The van der Waals surface area contributed by atoms with Crippen LogP contribution in [-0.2, 0) is 9.59 Å². The fraction of sp³-hybridized carbons (Fsp3) is 0.261. The molecule has 0 aromatic heterocycles. The van der Waals surface area contributed by atoms with Crippen LogP contribution in [0.25, 0.3) is 10.6 Å². The van der Waals surface area contributed by atoms with Crippen LogP contribution in [0.1, 0.15) is 35.3 Å². The summed E-state index contributed by atoms with van der Waals surface area (Å²) in [4.78, 5) is 40.0. The molecule has 1 aliphatic heterocycles. The predicted molar refractivity (Wildman–Crippen MR) is 118 cm³/mol. The molecule has 2 amide bonds. The molecule has 2 aromatic rings.